The lowest BCUT2D eigenvalue weighted by atomic mass is 10.1. The Morgan fingerprint density at radius 3 is 3.08 bits per heavy atom. The molecule has 0 bridgehead atoms. The fourth-order valence-electron chi connectivity index (χ4n) is 1.10. The maximum Gasteiger partial charge on any atom is 0.310 e. The highest BCUT2D eigenvalue weighted by Crippen LogP contribution is 2.11. The van der Waals surface area contributed by atoms with Gasteiger partial charge in [0.15, 0.2) is 0 Å². The highest BCUT2D eigenvalue weighted by atomic mass is 16.5. The number of carbonyl (C=O) groups is 1. The van der Waals surface area contributed by atoms with Crippen molar-refractivity contribution >= 4 is 5.97 Å². The highest BCUT2D eigenvalue weighted by Gasteiger charge is 2.09. The van der Waals surface area contributed by atoms with Crippen molar-refractivity contribution in [1.82, 2.24) is 0 Å². The summed E-state index contributed by atoms with van der Waals surface area (Å²) in [6.45, 7) is 0.516. The number of carbonyl (C=O) groups excluding carboxylic acids is 1. The van der Waals surface area contributed by atoms with Crippen LogP contribution in [0.2, 0.25) is 0 Å². The molecule has 2 N–H and O–H groups in total. The molecule has 1 aromatic heterocycles. The average molecular weight is 183 g/mol. The van der Waals surface area contributed by atoms with Crippen LogP contribution >= 0.6 is 0 Å². The molecular formula is C9H13NO3. The number of hydrogen-bond acceptors (Lipinski definition) is 4. The Morgan fingerprint density at radius 1 is 1.69 bits per heavy atom. The molecular weight excluding hydrogens is 170 g/mol. The summed E-state index contributed by atoms with van der Waals surface area (Å²) >= 11 is 0. The maximum atomic E-state index is 10.9. The van der Waals surface area contributed by atoms with Gasteiger partial charge in [0.1, 0.15) is 5.76 Å². The Kier molecular flexibility index (Phi) is 3.52. The maximum absolute atomic E-state index is 10.9. The van der Waals surface area contributed by atoms with Crippen LogP contribution in [0.4, 0.5) is 0 Å². The van der Waals surface area contributed by atoms with E-state index in [2.05, 4.69) is 4.74 Å². The van der Waals surface area contributed by atoms with E-state index in [9.17, 15) is 4.79 Å². The first kappa shape index (κ1) is 9.80. The van der Waals surface area contributed by atoms with Crippen molar-refractivity contribution in [3.05, 3.63) is 23.7 Å². The van der Waals surface area contributed by atoms with Crippen LogP contribution in [0.1, 0.15) is 11.3 Å². The largest absolute Gasteiger partial charge is 0.469 e. The summed E-state index contributed by atoms with van der Waals surface area (Å²) in [5, 5.41) is 0. The lowest BCUT2D eigenvalue weighted by molar-refractivity contribution is -0.139. The zero-order valence-corrected chi connectivity index (χ0v) is 7.58. The minimum atomic E-state index is -0.264. The van der Waals surface area contributed by atoms with E-state index in [0.717, 1.165) is 11.3 Å². The Hall–Kier alpha value is -1.29. The first-order valence-corrected chi connectivity index (χ1v) is 4.10. The van der Waals surface area contributed by atoms with Crippen molar-refractivity contribution in [3.63, 3.8) is 0 Å². The molecule has 4 nitrogen and oxygen atoms in total. The lowest BCUT2D eigenvalue weighted by Crippen LogP contribution is -2.08. The van der Waals surface area contributed by atoms with Crippen LogP contribution in [0.25, 0.3) is 0 Å². The van der Waals surface area contributed by atoms with Gasteiger partial charge in [-0.3, -0.25) is 4.79 Å². The fraction of sp³-hybridized carbons (Fsp3) is 0.444. The molecule has 0 spiro atoms. The second kappa shape index (κ2) is 4.67. The van der Waals surface area contributed by atoms with Crippen LogP contribution in [-0.4, -0.2) is 19.6 Å². The number of ether oxygens (including phenoxy) is 1. The van der Waals surface area contributed by atoms with E-state index in [1.54, 1.807) is 12.3 Å². The number of furan rings is 1. The molecule has 0 unspecified atom stereocenters. The summed E-state index contributed by atoms with van der Waals surface area (Å²) in [7, 11) is 1.37. The highest BCUT2D eigenvalue weighted by molar-refractivity contribution is 5.72. The second-order valence-electron chi connectivity index (χ2n) is 2.66. The number of esters is 1. The topological polar surface area (TPSA) is 65.5 Å². The van der Waals surface area contributed by atoms with Crippen LogP contribution in [-0.2, 0) is 22.4 Å². The molecule has 0 fully saturated rings. The third kappa shape index (κ3) is 2.59. The van der Waals surface area contributed by atoms with E-state index in [1.807, 2.05) is 0 Å². The molecule has 13 heavy (non-hydrogen) atoms. The molecule has 0 atom stereocenters. The molecule has 0 radical (unpaired) electrons. The monoisotopic (exact) mass is 183 g/mol. The average Bonchev–Trinajstić information content (AvgIpc) is 2.54. The van der Waals surface area contributed by atoms with E-state index in [-0.39, 0.29) is 12.4 Å². The lowest BCUT2D eigenvalue weighted by Gasteiger charge is -1.99. The first-order chi connectivity index (χ1) is 6.27. The van der Waals surface area contributed by atoms with Gasteiger partial charge in [-0.15, -0.1) is 0 Å². The van der Waals surface area contributed by atoms with Gasteiger partial charge in [0.05, 0.1) is 19.8 Å². The molecule has 0 amide bonds. The van der Waals surface area contributed by atoms with Gasteiger partial charge in [-0.1, -0.05) is 0 Å². The predicted octanol–water partition coefficient (Wildman–Crippen LogP) is 0.496. The number of hydrogen-bond donors (Lipinski definition) is 1. The number of methoxy groups -OCH3 is 1. The zero-order valence-electron chi connectivity index (χ0n) is 7.58. The van der Waals surface area contributed by atoms with Gasteiger partial charge in [0.25, 0.3) is 0 Å². The summed E-state index contributed by atoms with van der Waals surface area (Å²) < 4.78 is 9.71. The van der Waals surface area contributed by atoms with Crippen molar-refractivity contribution < 1.29 is 13.9 Å². The van der Waals surface area contributed by atoms with E-state index in [0.29, 0.717) is 13.0 Å². The fourth-order valence-corrected chi connectivity index (χ4v) is 1.10. The molecule has 1 heterocycles. The summed E-state index contributed by atoms with van der Waals surface area (Å²) in [4.78, 5) is 10.9. The normalized spacial score (nSPS) is 10.0. The van der Waals surface area contributed by atoms with E-state index >= 15 is 0 Å². The summed E-state index contributed by atoms with van der Waals surface area (Å²) in [5.41, 5.74) is 6.23. The van der Waals surface area contributed by atoms with Gasteiger partial charge < -0.3 is 14.9 Å². The minimum Gasteiger partial charge on any atom is -0.469 e. The molecule has 72 valence electrons. The molecule has 0 saturated heterocycles. The summed E-state index contributed by atoms with van der Waals surface area (Å²) in [6, 6.07) is 1.77. The zero-order chi connectivity index (χ0) is 9.68. The molecule has 4 heteroatoms. The standard InChI is InChI=1S/C9H13NO3/c1-12-9(11)6-7-3-5-13-8(7)2-4-10/h3,5H,2,4,6,10H2,1H3. The van der Waals surface area contributed by atoms with Gasteiger partial charge in [0, 0.05) is 12.0 Å². The third-order valence-electron chi connectivity index (χ3n) is 1.77. The van der Waals surface area contributed by atoms with Gasteiger partial charge >= 0.3 is 5.97 Å². The Morgan fingerprint density at radius 2 is 2.46 bits per heavy atom. The van der Waals surface area contributed by atoms with Crippen molar-refractivity contribution in [2.24, 2.45) is 5.73 Å². The van der Waals surface area contributed by atoms with Crippen LogP contribution in [0.5, 0.6) is 0 Å². The quantitative estimate of drug-likeness (QED) is 0.690. The molecule has 0 aromatic carbocycles. The molecule has 0 aliphatic heterocycles. The summed E-state index contributed by atoms with van der Waals surface area (Å²) in [6.07, 6.45) is 2.46. The molecule has 0 aliphatic carbocycles. The summed E-state index contributed by atoms with van der Waals surface area (Å²) in [5.74, 6) is 0.507. The molecule has 1 rings (SSSR count). The van der Waals surface area contributed by atoms with Crippen molar-refractivity contribution in [2.45, 2.75) is 12.8 Å². The van der Waals surface area contributed by atoms with Gasteiger partial charge in [-0.2, -0.15) is 0 Å². The van der Waals surface area contributed by atoms with Crippen molar-refractivity contribution in [1.29, 1.82) is 0 Å². The Balaban J connectivity index is 2.64. The van der Waals surface area contributed by atoms with Crippen LogP contribution in [0, 0.1) is 0 Å². The van der Waals surface area contributed by atoms with E-state index < -0.39 is 0 Å². The second-order valence-corrected chi connectivity index (χ2v) is 2.66. The predicted molar refractivity (Wildman–Crippen MR) is 47.2 cm³/mol. The van der Waals surface area contributed by atoms with E-state index in [1.165, 1.54) is 7.11 Å². The van der Waals surface area contributed by atoms with Crippen molar-refractivity contribution in [3.8, 4) is 0 Å². The smallest absolute Gasteiger partial charge is 0.310 e. The van der Waals surface area contributed by atoms with Gasteiger partial charge in [-0.05, 0) is 12.6 Å². The Labute approximate surface area is 76.7 Å². The molecule has 1 aromatic rings. The third-order valence-corrected chi connectivity index (χ3v) is 1.77. The number of nitrogens with two attached hydrogens (primary N) is 1. The van der Waals surface area contributed by atoms with E-state index in [4.69, 9.17) is 10.2 Å². The van der Waals surface area contributed by atoms with Crippen molar-refractivity contribution in [2.75, 3.05) is 13.7 Å². The number of rotatable bonds is 4. The minimum absolute atomic E-state index is 0.252. The van der Waals surface area contributed by atoms with Crippen LogP contribution in [0.3, 0.4) is 0 Å². The molecule has 0 aliphatic rings. The molecule has 0 saturated carbocycles. The van der Waals surface area contributed by atoms with Crippen LogP contribution < -0.4 is 5.73 Å². The van der Waals surface area contributed by atoms with Gasteiger partial charge in [0.2, 0.25) is 0 Å². The van der Waals surface area contributed by atoms with Gasteiger partial charge in [-0.25, -0.2) is 0 Å². The SMILES string of the molecule is COC(=O)Cc1ccoc1CCN. The first-order valence-electron chi connectivity index (χ1n) is 4.10. The van der Waals surface area contributed by atoms with Crippen LogP contribution in [0.15, 0.2) is 16.7 Å². The Bertz CT molecular complexity index is 280.